The van der Waals surface area contributed by atoms with Gasteiger partial charge in [0.05, 0.1) is 12.5 Å². The van der Waals surface area contributed by atoms with Crippen LogP contribution >= 0.6 is 0 Å². The van der Waals surface area contributed by atoms with Gasteiger partial charge in [-0.25, -0.2) is 0 Å². The number of aryl methyl sites for hydroxylation is 1. The molecule has 144 valence electrons. The Morgan fingerprint density at radius 1 is 1.04 bits per heavy atom. The molecule has 1 fully saturated rings. The Kier molecular flexibility index (Phi) is 5.10. The molecule has 2 aliphatic heterocycles. The van der Waals surface area contributed by atoms with Crippen LogP contribution in [0.4, 0.5) is 11.4 Å². The number of carbonyl (C=O) groups excluding carboxylic acids is 3. The molecule has 3 amide bonds. The van der Waals surface area contributed by atoms with Gasteiger partial charge in [0.25, 0.3) is 0 Å². The zero-order valence-electron chi connectivity index (χ0n) is 15.6. The van der Waals surface area contributed by atoms with Crippen LogP contribution in [0.3, 0.4) is 0 Å². The van der Waals surface area contributed by atoms with Gasteiger partial charge in [-0.15, -0.1) is 0 Å². The van der Waals surface area contributed by atoms with E-state index in [0.29, 0.717) is 13.1 Å². The lowest BCUT2D eigenvalue weighted by Gasteiger charge is -2.29. The van der Waals surface area contributed by atoms with Crippen molar-refractivity contribution >= 4 is 29.1 Å². The third-order valence-corrected chi connectivity index (χ3v) is 5.39. The van der Waals surface area contributed by atoms with Crippen molar-refractivity contribution in [3.8, 4) is 0 Å². The van der Waals surface area contributed by atoms with E-state index < -0.39 is 5.92 Å². The summed E-state index contributed by atoms with van der Waals surface area (Å²) in [5.74, 6) is -0.869. The van der Waals surface area contributed by atoms with Gasteiger partial charge in [0.2, 0.25) is 17.7 Å². The molecular weight excluding hydrogens is 354 g/mol. The maximum absolute atomic E-state index is 12.7. The van der Waals surface area contributed by atoms with Crippen LogP contribution in [0.5, 0.6) is 0 Å². The van der Waals surface area contributed by atoms with Crippen molar-refractivity contribution in [3.05, 3.63) is 60.2 Å². The highest BCUT2D eigenvalue weighted by atomic mass is 16.2. The molecule has 2 heterocycles. The molecule has 1 saturated heterocycles. The van der Waals surface area contributed by atoms with Gasteiger partial charge in [-0.05, 0) is 36.6 Å². The van der Waals surface area contributed by atoms with E-state index in [2.05, 4.69) is 5.32 Å². The van der Waals surface area contributed by atoms with Gasteiger partial charge in [0, 0.05) is 30.9 Å². The number of nitrogens with one attached hydrogen (secondary N) is 1. The summed E-state index contributed by atoms with van der Waals surface area (Å²) in [6.07, 6.45) is 2.05. The van der Waals surface area contributed by atoms with Crippen molar-refractivity contribution in [3.63, 3.8) is 0 Å². The fourth-order valence-electron chi connectivity index (χ4n) is 3.94. The van der Waals surface area contributed by atoms with Crippen LogP contribution in [0.15, 0.2) is 54.6 Å². The largest absolute Gasteiger partial charge is 0.347 e. The molecule has 0 bridgehead atoms. The lowest BCUT2D eigenvalue weighted by molar-refractivity contribution is -0.128. The Bertz CT molecular complexity index is 897. The minimum absolute atomic E-state index is 0.0524. The molecule has 0 radical (unpaired) electrons. The molecule has 6 heteroatoms. The molecule has 0 saturated carbocycles. The molecule has 0 spiro atoms. The molecule has 4 rings (SSSR count). The molecule has 2 aromatic carbocycles. The van der Waals surface area contributed by atoms with E-state index in [4.69, 9.17) is 0 Å². The van der Waals surface area contributed by atoms with E-state index in [1.807, 2.05) is 54.6 Å². The fourth-order valence-corrected chi connectivity index (χ4v) is 3.94. The Morgan fingerprint density at radius 3 is 2.61 bits per heavy atom. The Morgan fingerprint density at radius 2 is 1.79 bits per heavy atom. The number of benzene rings is 2. The molecule has 2 aromatic rings. The van der Waals surface area contributed by atoms with Crippen molar-refractivity contribution in [1.82, 2.24) is 5.32 Å². The first-order valence-corrected chi connectivity index (χ1v) is 9.65. The number of rotatable bonds is 4. The van der Waals surface area contributed by atoms with E-state index in [-0.39, 0.29) is 30.7 Å². The molecule has 0 aromatic heterocycles. The molecule has 1 atom stereocenters. The third-order valence-electron chi connectivity index (χ3n) is 5.39. The van der Waals surface area contributed by atoms with Crippen molar-refractivity contribution in [2.75, 3.05) is 29.4 Å². The number of fused-ring (bicyclic) bond motifs is 1. The average Bonchev–Trinajstić information content (AvgIpc) is 3.13. The van der Waals surface area contributed by atoms with Crippen LogP contribution in [-0.2, 0) is 20.8 Å². The monoisotopic (exact) mass is 377 g/mol. The van der Waals surface area contributed by atoms with Gasteiger partial charge in [-0.3, -0.25) is 14.4 Å². The summed E-state index contributed by atoms with van der Waals surface area (Å²) >= 11 is 0. The average molecular weight is 377 g/mol. The Balaban J connectivity index is 1.35. The number of hydrogen-bond acceptors (Lipinski definition) is 3. The van der Waals surface area contributed by atoms with Crippen LogP contribution in [0, 0.1) is 5.92 Å². The molecule has 28 heavy (non-hydrogen) atoms. The number of nitrogens with zero attached hydrogens (tertiary/aromatic N) is 2. The molecular formula is C22H23N3O3. The van der Waals surface area contributed by atoms with E-state index in [0.717, 1.165) is 29.8 Å². The standard InChI is InChI=1S/C22H23N3O3/c26-20-13-17(15-25(20)18-9-2-1-3-10-18)22(28)23-14-21(27)24-12-6-8-16-7-4-5-11-19(16)24/h1-5,7,9-11,17H,6,8,12-15H2,(H,23,28)/t17-/m0/s1. The lowest BCUT2D eigenvalue weighted by Crippen LogP contribution is -2.44. The smallest absolute Gasteiger partial charge is 0.246 e. The molecule has 0 unspecified atom stereocenters. The quantitative estimate of drug-likeness (QED) is 0.888. The van der Waals surface area contributed by atoms with Gasteiger partial charge in [0.15, 0.2) is 0 Å². The molecule has 6 nitrogen and oxygen atoms in total. The summed E-state index contributed by atoms with van der Waals surface area (Å²) in [5, 5.41) is 2.74. The summed E-state index contributed by atoms with van der Waals surface area (Å²) in [5.41, 5.74) is 2.89. The van der Waals surface area contributed by atoms with E-state index in [9.17, 15) is 14.4 Å². The molecule has 1 N–H and O–H groups in total. The maximum Gasteiger partial charge on any atom is 0.246 e. The second-order valence-corrected chi connectivity index (χ2v) is 7.24. The highest BCUT2D eigenvalue weighted by Crippen LogP contribution is 2.27. The lowest BCUT2D eigenvalue weighted by atomic mass is 10.0. The summed E-state index contributed by atoms with van der Waals surface area (Å²) in [6.45, 7) is 0.952. The zero-order valence-corrected chi connectivity index (χ0v) is 15.6. The van der Waals surface area contributed by atoms with Crippen molar-refractivity contribution in [2.24, 2.45) is 5.92 Å². The summed E-state index contributed by atoms with van der Waals surface area (Å²) < 4.78 is 0. The van der Waals surface area contributed by atoms with Crippen LogP contribution < -0.4 is 15.1 Å². The highest BCUT2D eigenvalue weighted by molar-refractivity contribution is 6.02. The summed E-state index contributed by atoms with van der Waals surface area (Å²) in [6, 6.07) is 17.2. The molecule has 0 aliphatic carbocycles. The summed E-state index contributed by atoms with van der Waals surface area (Å²) in [4.78, 5) is 40.9. The van der Waals surface area contributed by atoms with E-state index in [1.54, 1.807) is 9.80 Å². The number of amides is 3. The van der Waals surface area contributed by atoms with Gasteiger partial charge in [-0.1, -0.05) is 36.4 Å². The van der Waals surface area contributed by atoms with Gasteiger partial charge < -0.3 is 15.1 Å². The number of hydrogen-bond donors (Lipinski definition) is 1. The van der Waals surface area contributed by atoms with Crippen molar-refractivity contribution in [1.29, 1.82) is 0 Å². The van der Waals surface area contributed by atoms with Crippen LogP contribution in [0.1, 0.15) is 18.4 Å². The first-order valence-electron chi connectivity index (χ1n) is 9.65. The Hall–Kier alpha value is -3.15. The first-order chi connectivity index (χ1) is 13.6. The fraction of sp³-hybridized carbons (Fsp3) is 0.318. The predicted octanol–water partition coefficient (Wildman–Crippen LogP) is 2.14. The maximum atomic E-state index is 12.7. The highest BCUT2D eigenvalue weighted by Gasteiger charge is 2.35. The predicted molar refractivity (Wildman–Crippen MR) is 107 cm³/mol. The van der Waals surface area contributed by atoms with Crippen molar-refractivity contribution in [2.45, 2.75) is 19.3 Å². The van der Waals surface area contributed by atoms with E-state index >= 15 is 0 Å². The van der Waals surface area contributed by atoms with Gasteiger partial charge >= 0.3 is 0 Å². The Labute approximate surface area is 164 Å². The van der Waals surface area contributed by atoms with Gasteiger partial charge in [-0.2, -0.15) is 0 Å². The third kappa shape index (κ3) is 3.63. The topological polar surface area (TPSA) is 69.7 Å². The normalized spacial score (nSPS) is 18.7. The first kappa shape index (κ1) is 18.2. The number of anilines is 2. The number of carbonyl (C=O) groups is 3. The number of para-hydroxylation sites is 2. The molecule has 2 aliphatic rings. The van der Waals surface area contributed by atoms with Gasteiger partial charge in [0.1, 0.15) is 0 Å². The van der Waals surface area contributed by atoms with Crippen LogP contribution in [0.25, 0.3) is 0 Å². The van der Waals surface area contributed by atoms with E-state index in [1.165, 1.54) is 0 Å². The second-order valence-electron chi connectivity index (χ2n) is 7.24. The summed E-state index contributed by atoms with van der Waals surface area (Å²) in [7, 11) is 0. The van der Waals surface area contributed by atoms with Crippen molar-refractivity contribution < 1.29 is 14.4 Å². The zero-order chi connectivity index (χ0) is 19.5. The minimum atomic E-state index is -0.436. The second kappa shape index (κ2) is 7.84. The minimum Gasteiger partial charge on any atom is -0.347 e. The SMILES string of the molecule is O=C(NCC(=O)N1CCCc2ccccc21)[C@H]1CC(=O)N(c2ccccc2)C1. The van der Waals surface area contributed by atoms with Crippen LogP contribution in [-0.4, -0.2) is 37.4 Å². The van der Waals surface area contributed by atoms with Crippen LogP contribution in [0.2, 0.25) is 0 Å².